The summed E-state index contributed by atoms with van der Waals surface area (Å²) in [5.74, 6) is 0. The highest BCUT2D eigenvalue weighted by atomic mass is 32.2. The van der Waals surface area contributed by atoms with Crippen LogP contribution in [0.5, 0.6) is 0 Å². The Kier molecular flexibility index (Phi) is 2.20. The summed E-state index contributed by atoms with van der Waals surface area (Å²) in [5.41, 5.74) is -1.71. The normalized spacial score (nSPS) is 19.7. The highest BCUT2D eigenvalue weighted by molar-refractivity contribution is 7.99. The van der Waals surface area contributed by atoms with E-state index in [4.69, 9.17) is 19.2 Å². The van der Waals surface area contributed by atoms with E-state index >= 15 is 0 Å². The van der Waals surface area contributed by atoms with Gasteiger partial charge in [-0.15, -0.1) is 0 Å². The number of hydrogen-bond donors (Lipinski definition) is 0. The maximum absolute atomic E-state index is 9.53. The zero-order valence-electron chi connectivity index (χ0n) is 43.6. The molecule has 0 fully saturated rings. The Hall–Kier alpha value is -5.11. The van der Waals surface area contributed by atoms with Crippen LogP contribution in [-0.4, -0.2) is 0 Å². The lowest BCUT2D eigenvalue weighted by Crippen LogP contribution is -1.94. The van der Waals surface area contributed by atoms with E-state index in [9.17, 15) is 11.0 Å². The average Bonchev–Trinajstić information content (AvgIpc) is 3.27. The van der Waals surface area contributed by atoms with E-state index in [0.717, 1.165) is 11.8 Å². The van der Waals surface area contributed by atoms with Gasteiger partial charge in [-0.3, -0.25) is 0 Å². The van der Waals surface area contributed by atoms with Crippen molar-refractivity contribution in [1.82, 2.24) is 0 Å². The molecule has 0 saturated carbocycles. The Bertz CT molecular complexity index is 3800. The van der Waals surface area contributed by atoms with Crippen LogP contribution in [0.2, 0.25) is 0 Å². The topological polar surface area (TPSA) is 0 Å². The molecule has 0 aromatic heterocycles. The quantitative estimate of drug-likeness (QED) is 0.183. The fourth-order valence-electron chi connectivity index (χ4n) is 5.71. The van der Waals surface area contributed by atoms with Gasteiger partial charge < -0.3 is 0 Å². The summed E-state index contributed by atoms with van der Waals surface area (Å²) < 4.78 is 197. The summed E-state index contributed by atoms with van der Waals surface area (Å²) >= 11 is 0.946. The van der Waals surface area contributed by atoms with Crippen LogP contribution in [-0.2, 0) is 0 Å². The Morgan fingerprint density at radius 1 is 0.372 bits per heavy atom. The molecule has 10 rings (SSSR count). The number of rotatable bonds is 2. The monoisotopic (exact) mass is 582 g/mol. The Morgan fingerprint density at radius 2 is 1.00 bits per heavy atom. The average molecular weight is 583 g/mol. The molecular formula is C42H24S. The minimum Gasteiger partial charge on any atom is -0.0888 e. The predicted molar refractivity (Wildman–Crippen MR) is 186 cm³/mol. The molecule has 0 N–H and O–H groups in total. The van der Waals surface area contributed by atoms with Gasteiger partial charge in [0, 0.05) is 15.2 Å². The highest BCUT2D eigenvalue weighted by Crippen LogP contribution is 2.49. The van der Waals surface area contributed by atoms with Gasteiger partial charge in [0.05, 0.1) is 30.2 Å². The number of hydrogen-bond acceptors (Lipinski definition) is 1. The number of fused-ring (bicyclic) bond motifs is 3. The van der Waals surface area contributed by atoms with Gasteiger partial charge in [0.15, 0.2) is 0 Å². The van der Waals surface area contributed by atoms with Gasteiger partial charge in [-0.2, -0.15) is 0 Å². The first kappa shape index (κ1) is 10.9. The van der Waals surface area contributed by atoms with Gasteiger partial charge in [-0.1, -0.05) is 133 Å². The molecule has 43 heavy (non-hydrogen) atoms. The van der Waals surface area contributed by atoms with E-state index < -0.39 is 149 Å². The maximum atomic E-state index is 9.53. The molecule has 0 atom stereocenters. The number of benzene rings is 9. The van der Waals surface area contributed by atoms with Crippen molar-refractivity contribution in [3.8, 4) is 33.4 Å². The van der Waals surface area contributed by atoms with Gasteiger partial charge >= 0.3 is 0 Å². The summed E-state index contributed by atoms with van der Waals surface area (Å²) in [7, 11) is 0. The van der Waals surface area contributed by atoms with Gasteiger partial charge in [0.1, 0.15) is 0 Å². The van der Waals surface area contributed by atoms with Gasteiger partial charge in [0.25, 0.3) is 0 Å². The van der Waals surface area contributed by atoms with Crippen molar-refractivity contribution < 1.29 is 30.2 Å². The third kappa shape index (κ3) is 3.34. The molecule has 1 aliphatic heterocycles. The largest absolute Gasteiger partial charge is 0.0888 e. The van der Waals surface area contributed by atoms with Crippen molar-refractivity contribution in [3.63, 3.8) is 0 Å². The zero-order chi connectivity index (χ0) is 47.2. The molecule has 0 bridgehead atoms. The zero-order valence-corrected chi connectivity index (χ0v) is 22.4. The Labute approximate surface area is 284 Å². The van der Waals surface area contributed by atoms with Crippen LogP contribution >= 0.6 is 11.8 Å². The molecule has 0 aliphatic carbocycles. The van der Waals surface area contributed by atoms with Crippen molar-refractivity contribution in [2.75, 3.05) is 0 Å². The fourth-order valence-corrected chi connectivity index (χ4v) is 6.73. The fraction of sp³-hybridized carbons (Fsp3) is 0. The third-order valence-corrected chi connectivity index (χ3v) is 8.68. The second-order valence-electron chi connectivity index (χ2n) is 9.92. The first-order chi connectivity index (χ1) is 30.5. The Morgan fingerprint density at radius 3 is 1.84 bits per heavy atom. The minimum atomic E-state index is -0.830. The second kappa shape index (κ2) is 8.70. The molecule has 1 aliphatic rings. The van der Waals surface area contributed by atoms with Crippen LogP contribution < -0.4 is 0 Å². The lowest BCUT2D eigenvalue weighted by Gasteiger charge is -2.21. The van der Waals surface area contributed by atoms with Crippen LogP contribution in [0.25, 0.3) is 87.2 Å². The summed E-state index contributed by atoms with van der Waals surface area (Å²) in [6.45, 7) is 0. The molecule has 9 aromatic carbocycles. The minimum absolute atomic E-state index is 0.0741. The standard InChI is InChI=1S/C42H24S/c1-2-10-38-34(7-1)36-9-4-8-35-33(21-22-39(43-38)42(35)36)31-16-14-28-23-30(15-13-29(28)24-31)32-19-17-27-12-11-25-5-3-6-26-18-20-37(32)41(27)40(25)26/h1-24H/i1D,2D,3D,4D,5D,6D,7D,8D,9D,10D,11D,12D,13D,14D,15D,16D,17D,18D,19D,20D,23D,24D. The second-order valence-corrected chi connectivity index (χ2v) is 11.0. The molecule has 0 radical (unpaired) electrons. The molecule has 0 unspecified atom stereocenters. The van der Waals surface area contributed by atoms with Crippen molar-refractivity contribution in [2.45, 2.75) is 9.79 Å². The molecule has 0 saturated heterocycles. The molecule has 1 heterocycles. The lowest BCUT2D eigenvalue weighted by atomic mass is 9.89. The van der Waals surface area contributed by atoms with Gasteiger partial charge in [0.2, 0.25) is 0 Å². The summed E-state index contributed by atoms with van der Waals surface area (Å²) in [6, 6.07) is -11.4. The van der Waals surface area contributed by atoms with E-state index in [2.05, 4.69) is 0 Å². The Balaban J connectivity index is 1.33. The first-order valence-electron chi connectivity index (χ1n) is 24.1. The molecule has 198 valence electrons. The van der Waals surface area contributed by atoms with Crippen LogP contribution in [0, 0.1) is 0 Å². The maximum Gasteiger partial charge on any atom is 0.0636 e. The van der Waals surface area contributed by atoms with Crippen LogP contribution in [0.3, 0.4) is 0 Å². The third-order valence-electron chi connectivity index (χ3n) is 7.61. The van der Waals surface area contributed by atoms with Gasteiger partial charge in [-0.05, 0) is 106 Å². The predicted octanol–water partition coefficient (Wildman–Crippen LogP) is 12.4. The molecule has 0 spiro atoms. The molecular weight excluding hydrogens is 537 g/mol. The molecule has 0 amide bonds. The summed E-state index contributed by atoms with van der Waals surface area (Å²) in [5, 5.41) is -2.76. The SMILES string of the molecule is [2H]c1c([2H])c([2H])c2c(c1[2H])Sc1ccc(-c3c([2H])c([2H])c4c([2H])c(-c5c([2H])c([2H])c6c([2H])c([2H])c7c([2H])c([2H])c([2H])c8c([2H])c([2H])c5c6c78)c([2H])c([2H])c4c3[2H])c3c([2H])c([2H])c([2H])c-2c13. The molecule has 9 aromatic rings. The van der Waals surface area contributed by atoms with Crippen molar-refractivity contribution in [3.05, 3.63) is 145 Å². The van der Waals surface area contributed by atoms with E-state index in [1.165, 1.54) is 12.1 Å². The van der Waals surface area contributed by atoms with Crippen LogP contribution in [0.15, 0.2) is 155 Å². The van der Waals surface area contributed by atoms with Gasteiger partial charge in [-0.25, -0.2) is 0 Å². The van der Waals surface area contributed by atoms with E-state index in [-0.39, 0.29) is 76.3 Å². The van der Waals surface area contributed by atoms with Crippen molar-refractivity contribution in [1.29, 1.82) is 0 Å². The van der Waals surface area contributed by atoms with Crippen LogP contribution in [0.4, 0.5) is 0 Å². The van der Waals surface area contributed by atoms with E-state index in [0.29, 0.717) is 4.90 Å². The smallest absolute Gasteiger partial charge is 0.0636 e. The lowest BCUT2D eigenvalue weighted by molar-refractivity contribution is 1.40. The summed E-state index contributed by atoms with van der Waals surface area (Å²) in [4.78, 5) is 0.425. The van der Waals surface area contributed by atoms with Crippen LogP contribution in [0.1, 0.15) is 30.2 Å². The van der Waals surface area contributed by atoms with E-state index in [1.54, 1.807) is 0 Å². The first-order valence-corrected chi connectivity index (χ1v) is 13.9. The van der Waals surface area contributed by atoms with Crippen molar-refractivity contribution in [2.24, 2.45) is 0 Å². The van der Waals surface area contributed by atoms with E-state index in [1.807, 2.05) is 0 Å². The molecule has 1 heteroatoms. The summed E-state index contributed by atoms with van der Waals surface area (Å²) in [6.07, 6.45) is 0. The highest BCUT2D eigenvalue weighted by Gasteiger charge is 2.20. The molecule has 0 nitrogen and oxygen atoms in total. The van der Waals surface area contributed by atoms with Crippen molar-refractivity contribution >= 4 is 65.6 Å².